The van der Waals surface area contributed by atoms with Crippen molar-refractivity contribution in [2.45, 2.75) is 30.7 Å². The molecule has 4 N–H and O–H groups in total. The molecule has 0 aromatic heterocycles. The third-order valence-corrected chi connectivity index (χ3v) is 4.33. The van der Waals surface area contributed by atoms with Crippen molar-refractivity contribution in [2.75, 3.05) is 19.8 Å². The zero-order chi connectivity index (χ0) is 15.5. The highest BCUT2D eigenvalue weighted by Gasteiger charge is 2.34. The largest absolute Gasteiger partial charge is 0.481 e. The molecule has 0 aliphatic carbocycles. The second-order valence-electron chi connectivity index (χ2n) is 5.53. The van der Waals surface area contributed by atoms with Gasteiger partial charge in [0.15, 0.2) is 0 Å². The topological polar surface area (TPSA) is 92.8 Å². The Kier molecular flexibility index (Phi) is 5.22. The first-order valence-corrected chi connectivity index (χ1v) is 7.31. The summed E-state index contributed by atoms with van der Waals surface area (Å²) in [5.41, 5.74) is 7.11. The van der Waals surface area contributed by atoms with Crippen LogP contribution in [0, 0.1) is 0 Å². The Morgan fingerprint density at radius 3 is 2.62 bits per heavy atom. The highest BCUT2D eigenvalue weighted by atomic mass is 35.5. The number of carboxylic acid groups (broad SMARTS) is 1. The summed E-state index contributed by atoms with van der Waals surface area (Å²) in [4.78, 5) is 10.8. The molecule has 6 heteroatoms. The fourth-order valence-electron chi connectivity index (χ4n) is 2.74. The van der Waals surface area contributed by atoms with Gasteiger partial charge in [-0.25, -0.2) is 0 Å². The minimum absolute atomic E-state index is 0.00428. The minimum Gasteiger partial charge on any atom is -0.481 e. The minimum atomic E-state index is -0.952. The van der Waals surface area contributed by atoms with Gasteiger partial charge in [-0.3, -0.25) is 4.79 Å². The molecule has 1 aromatic rings. The van der Waals surface area contributed by atoms with Gasteiger partial charge < -0.3 is 20.7 Å². The molecule has 1 atom stereocenters. The molecule has 1 aliphatic rings. The van der Waals surface area contributed by atoms with E-state index in [1.807, 2.05) is 12.1 Å². The molecule has 0 bridgehead atoms. The highest BCUT2D eigenvalue weighted by Crippen LogP contribution is 2.37. The van der Waals surface area contributed by atoms with E-state index in [1.165, 1.54) is 0 Å². The number of carboxylic acids is 1. The third kappa shape index (κ3) is 3.74. The molecule has 0 saturated carbocycles. The van der Waals surface area contributed by atoms with Crippen molar-refractivity contribution in [2.24, 2.45) is 5.73 Å². The number of halogens is 1. The fraction of sp³-hybridized carbons (Fsp3) is 0.533. The van der Waals surface area contributed by atoms with Gasteiger partial charge in [-0.15, -0.1) is 0 Å². The first-order valence-electron chi connectivity index (χ1n) is 6.94. The van der Waals surface area contributed by atoms with E-state index in [1.54, 1.807) is 6.07 Å². The molecule has 2 rings (SSSR count). The predicted octanol–water partition coefficient (Wildman–Crippen LogP) is 1.85. The van der Waals surface area contributed by atoms with E-state index in [4.69, 9.17) is 27.2 Å². The number of aliphatic carboxylic acids is 1. The average Bonchev–Trinajstić information content (AvgIpc) is 2.46. The second-order valence-corrected chi connectivity index (χ2v) is 5.96. The van der Waals surface area contributed by atoms with Crippen molar-refractivity contribution in [3.8, 4) is 0 Å². The zero-order valence-electron chi connectivity index (χ0n) is 11.7. The maximum atomic E-state index is 10.8. The SMILES string of the molecule is N[C@@H](CC(=O)O)c1cc(Cl)cc(C2(CO)CCOCC2)c1. The van der Waals surface area contributed by atoms with Crippen LogP contribution >= 0.6 is 11.6 Å². The molecule has 21 heavy (non-hydrogen) atoms. The van der Waals surface area contributed by atoms with E-state index >= 15 is 0 Å². The van der Waals surface area contributed by atoms with E-state index in [-0.39, 0.29) is 18.4 Å². The van der Waals surface area contributed by atoms with Crippen LogP contribution in [0.5, 0.6) is 0 Å². The number of carbonyl (C=O) groups is 1. The quantitative estimate of drug-likeness (QED) is 0.771. The number of rotatable bonds is 5. The molecule has 1 saturated heterocycles. The van der Waals surface area contributed by atoms with E-state index < -0.39 is 12.0 Å². The number of benzene rings is 1. The lowest BCUT2D eigenvalue weighted by atomic mass is 9.74. The van der Waals surface area contributed by atoms with Gasteiger partial charge in [-0.1, -0.05) is 17.7 Å². The Morgan fingerprint density at radius 2 is 2.05 bits per heavy atom. The van der Waals surface area contributed by atoms with Crippen LogP contribution in [0.3, 0.4) is 0 Å². The molecule has 1 aliphatic heterocycles. The summed E-state index contributed by atoms with van der Waals surface area (Å²) in [7, 11) is 0. The van der Waals surface area contributed by atoms with E-state index in [0.29, 0.717) is 36.6 Å². The standard InChI is InChI=1S/C15H20ClNO4/c16-12-6-10(13(17)8-14(19)20)5-11(7-12)15(9-18)1-3-21-4-2-15/h5-7,13,18H,1-4,8-9,17H2,(H,19,20)/t13-/m0/s1. The van der Waals surface area contributed by atoms with Crippen LogP contribution in [0.25, 0.3) is 0 Å². The van der Waals surface area contributed by atoms with Crippen molar-refractivity contribution in [1.29, 1.82) is 0 Å². The maximum Gasteiger partial charge on any atom is 0.305 e. The summed E-state index contributed by atoms with van der Waals surface area (Å²) < 4.78 is 5.36. The Morgan fingerprint density at radius 1 is 1.38 bits per heavy atom. The van der Waals surface area contributed by atoms with Gasteiger partial charge in [0.1, 0.15) is 0 Å². The van der Waals surface area contributed by atoms with Crippen molar-refractivity contribution in [3.05, 3.63) is 34.3 Å². The molecule has 116 valence electrons. The van der Waals surface area contributed by atoms with Crippen LogP contribution in [-0.2, 0) is 14.9 Å². The monoisotopic (exact) mass is 313 g/mol. The molecule has 1 aromatic carbocycles. The molecule has 1 heterocycles. The van der Waals surface area contributed by atoms with Gasteiger partial charge in [0.05, 0.1) is 13.0 Å². The van der Waals surface area contributed by atoms with Crippen molar-refractivity contribution < 1.29 is 19.7 Å². The molecule has 0 unspecified atom stereocenters. The molecule has 0 amide bonds. The van der Waals surface area contributed by atoms with E-state index in [2.05, 4.69) is 0 Å². The van der Waals surface area contributed by atoms with Crippen molar-refractivity contribution in [3.63, 3.8) is 0 Å². The van der Waals surface area contributed by atoms with E-state index in [9.17, 15) is 9.90 Å². The van der Waals surface area contributed by atoms with Gasteiger partial charge in [-0.2, -0.15) is 0 Å². The van der Waals surface area contributed by atoms with Crippen LogP contribution in [0.1, 0.15) is 36.4 Å². The Balaban J connectivity index is 2.35. The summed E-state index contributed by atoms with van der Waals surface area (Å²) in [6, 6.07) is 4.75. The lowest BCUT2D eigenvalue weighted by molar-refractivity contribution is -0.137. The predicted molar refractivity (Wildman–Crippen MR) is 79.5 cm³/mol. The number of ether oxygens (including phenoxy) is 1. The Hall–Kier alpha value is -1.14. The Labute approximate surface area is 128 Å². The summed E-state index contributed by atoms with van der Waals surface area (Å²) >= 11 is 6.15. The number of hydrogen-bond acceptors (Lipinski definition) is 4. The number of aliphatic hydroxyl groups is 1. The first-order chi connectivity index (χ1) is 9.97. The third-order valence-electron chi connectivity index (χ3n) is 4.11. The molecule has 0 radical (unpaired) electrons. The van der Waals surface area contributed by atoms with Gasteiger partial charge in [0.2, 0.25) is 0 Å². The lowest BCUT2D eigenvalue weighted by Gasteiger charge is -2.36. The van der Waals surface area contributed by atoms with Gasteiger partial charge in [0.25, 0.3) is 0 Å². The summed E-state index contributed by atoms with van der Waals surface area (Å²) in [6.07, 6.45) is 1.25. The van der Waals surface area contributed by atoms with Crippen LogP contribution in [0.15, 0.2) is 18.2 Å². The summed E-state index contributed by atoms with van der Waals surface area (Å²) in [6.45, 7) is 1.18. The fourth-order valence-corrected chi connectivity index (χ4v) is 2.98. The highest BCUT2D eigenvalue weighted by molar-refractivity contribution is 6.30. The molecule has 0 spiro atoms. The van der Waals surface area contributed by atoms with E-state index in [0.717, 1.165) is 5.56 Å². The normalized spacial score (nSPS) is 19.2. The summed E-state index contributed by atoms with van der Waals surface area (Å²) in [5, 5.41) is 19.2. The second kappa shape index (κ2) is 6.75. The molecule has 5 nitrogen and oxygen atoms in total. The average molecular weight is 314 g/mol. The lowest BCUT2D eigenvalue weighted by Crippen LogP contribution is -2.37. The summed E-state index contributed by atoms with van der Waals surface area (Å²) in [5.74, 6) is -0.952. The van der Waals surface area contributed by atoms with Crippen LogP contribution in [0.2, 0.25) is 5.02 Å². The van der Waals surface area contributed by atoms with Gasteiger partial charge in [0, 0.05) is 29.7 Å². The molecular weight excluding hydrogens is 294 g/mol. The first kappa shape index (κ1) is 16.2. The maximum absolute atomic E-state index is 10.8. The van der Waals surface area contributed by atoms with Crippen molar-refractivity contribution >= 4 is 17.6 Å². The smallest absolute Gasteiger partial charge is 0.305 e. The van der Waals surface area contributed by atoms with Gasteiger partial charge in [-0.05, 0) is 36.1 Å². The molecular formula is C15H20ClNO4. The zero-order valence-corrected chi connectivity index (χ0v) is 12.5. The number of aliphatic hydroxyl groups excluding tert-OH is 1. The molecule has 1 fully saturated rings. The number of nitrogens with two attached hydrogens (primary N) is 1. The Bertz CT molecular complexity index is 514. The van der Waals surface area contributed by atoms with Gasteiger partial charge >= 0.3 is 5.97 Å². The van der Waals surface area contributed by atoms with Crippen molar-refractivity contribution in [1.82, 2.24) is 0 Å². The number of hydrogen-bond donors (Lipinski definition) is 3. The van der Waals surface area contributed by atoms with Crippen LogP contribution in [-0.4, -0.2) is 36.0 Å². The van der Waals surface area contributed by atoms with Crippen LogP contribution < -0.4 is 5.73 Å². The van der Waals surface area contributed by atoms with Crippen LogP contribution in [0.4, 0.5) is 0 Å².